The van der Waals surface area contributed by atoms with Gasteiger partial charge in [0.05, 0.1) is 5.92 Å². The van der Waals surface area contributed by atoms with E-state index in [0.29, 0.717) is 29.6 Å². The van der Waals surface area contributed by atoms with Gasteiger partial charge in [0.15, 0.2) is 6.29 Å². The molecule has 2 amide bonds. The molecule has 1 aliphatic heterocycles. The van der Waals surface area contributed by atoms with Gasteiger partial charge in [0, 0.05) is 36.1 Å². The van der Waals surface area contributed by atoms with Crippen molar-refractivity contribution in [2.24, 2.45) is 0 Å². The molecule has 3 heterocycles. The summed E-state index contributed by atoms with van der Waals surface area (Å²) in [4.78, 5) is 38.2. The van der Waals surface area contributed by atoms with Crippen LogP contribution in [0.1, 0.15) is 34.7 Å². The summed E-state index contributed by atoms with van der Waals surface area (Å²) < 4.78 is 1.71. The number of carbonyl (C=O) groups excluding carboxylic acids is 3. The van der Waals surface area contributed by atoms with E-state index in [4.69, 9.17) is 0 Å². The summed E-state index contributed by atoms with van der Waals surface area (Å²) in [5.74, 6) is -1.03. The molecule has 96 valence electrons. The number of imide groups is 1. The summed E-state index contributed by atoms with van der Waals surface area (Å²) in [5.41, 5.74) is 1.80. The van der Waals surface area contributed by atoms with Crippen molar-refractivity contribution in [1.29, 1.82) is 0 Å². The molecule has 19 heavy (non-hydrogen) atoms. The molecule has 0 radical (unpaired) electrons. The second-order valence-electron chi connectivity index (χ2n) is 4.51. The maximum Gasteiger partial charge on any atom is 0.234 e. The van der Waals surface area contributed by atoms with Crippen LogP contribution in [0.3, 0.4) is 0 Å². The summed E-state index contributed by atoms with van der Waals surface area (Å²) in [7, 11) is 0. The normalized spacial score (nSPS) is 19.5. The molecule has 2 aromatic rings. The van der Waals surface area contributed by atoms with Crippen LogP contribution in [0.2, 0.25) is 0 Å². The van der Waals surface area contributed by atoms with Crippen LogP contribution in [0.15, 0.2) is 24.7 Å². The molecule has 1 fully saturated rings. The second kappa shape index (κ2) is 4.31. The molecule has 0 aliphatic carbocycles. The molecule has 0 saturated carbocycles. The highest BCUT2D eigenvalue weighted by molar-refractivity contribution is 6.01. The van der Waals surface area contributed by atoms with Gasteiger partial charge in [0.1, 0.15) is 5.65 Å². The summed E-state index contributed by atoms with van der Waals surface area (Å²) >= 11 is 0. The molecule has 1 unspecified atom stereocenters. The Kier molecular flexibility index (Phi) is 2.63. The van der Waals surface area contributed by atoms with Crippen molar-refractivity contribution in [3.63, 3.8) is 0 Å². The number of nitrogens with one attached hydrogen (secondary N) is 1. The van der Waals surface area contributed by atoms with Crippen LogP contribution in [-0.2, 0) is 9.59 Å². The first kappa shape index (κ1) is 11.6. The molecule has 6 heteroatoms. The lowest BCUT2D eigenvalue weighted by atomic mass is 9.90. The van der Waals surface area contributed by atoms with Crippen molar-refractivity contribution >= 4 is 23.7 Å². The molecular formula is C13H11N3O3. The molecule has 1 atom stereocenters. The highest BCUT2D eigenvalue weighted by atomic mass is 16.2. The van der Waals surface area contributed by atoms with E-state index < -0.39 is 5.92 Å². The Labute approximate surface area is 108 Å². The first-order valence-corrected chi connectivity index (χ1v) is 5.94. The number of hydrogen-bond acceptors (Lipinski definition) is 4. The summed E-state index contributed by atoms with van der Waals surface area (Å²) in [5, 5.41) is 2.32. The van der Waals surface area contributed by atoms with Gasteiger partial charge in [-0.05, 0) is 12.5 Å². The van der Waals surface area contributed by atoms with Crippen molar-refractivity contribution < 1.29 is 14.4 Å². The molecule has 0 spiro atoms. The average Bonchev–Trinajstić information content (AvgIpc) is 2.86. The lowest BCUT2D eigenvalue weighted by molar-refractivity contribution is -0.134. The highest BCUT2D eigenvalue weighted by Gasteiger charge is 2.30. The van der Waals surface area contributed by atoms with E-state index in [2.05, 4.69) is 10.3 Å². The number of nitrogens with zero attached hydrogens (tertiary/aromatic N) is 2. The van der Waals surface area contributed by atoms with Gasteiger partial charge in [0.25, 0.3) is 0 Å². The van der Waals surface area contributed by atoms with E-state index >= 15 is 0 Å². The third kappa shape index (κ3) is 1.91. The molecule has 0 aromatic carbocycles. The Balaban J connectivity index is 2.13. The number of aromatic nitrogens is 2. The third-order valence-corrected chi connectivity index (χ3v) is 3.29. The molecule has 2 aromatic heterocycles. The van der Waals surface area contributed by atoms with Crippen LogP contribution in [0.5, 0.6) is 0 Å². The maximum atomic E-state index is 11.9. The molecule has 1 saturated heterocycles. The number of hydrogen-bond donors (Lipinski definition) is 1. The molecule has 1 aliphatic rings. The van der Waals surface area contributed by atoms with Crippen molar-refractivity contribution in [1.82, 2.24) is 14.7 Å². The fourth-order valence-electron chi connectivity index (χ4n) is 2.39. The minimum Gasteiger partial charge on any atom is -0.306 e. The van der Waals surface area contributed by atoms with Crippen LogP contribution >= 0.6 is 0 Å². The van der Waals surface area contributed by atoms with Crippen molar-refractivity contribution in [3.8, 4) is 0 Å². The zero-order valence-electron chi connectivity index (χ0n) is 10.00. The second-order valence-corrected chi connectivity index (χ2v) is 4.51. The van der Waals surface area contributed by atoms with Crippen molar-refractivity contribution in [2.75, 3.05) is 0 Å². The first-order valence-electron chi connectivity index (χ1n) is 5.94. The van der Waals surface area contributed by atoms with Crippen LogP contribution < -0.4 is 5.32 Å². The lowest BCUT2D eigenvalue weighted by Crippen LogP contribution is -2.39. The van der Waals surface area contributed by atoms with Gasteiger partial charge in [-0.15, -0.1) is 0 Å². The standard InChI is InChI=1S/C13H11N3O3/c17-7-8-5-10(12-14-3-4-16(12)6-8)9-1-2-11(18)15-13(9)19/h3-7,9H,1-2H2,(H,15,18,19). The third-order valence-electron chi connectivity index (χ3n) is 3.29. The van der Waals surface area contributed by atoms with Crippen LogP contribution in [-0.4, -0.2) is 27.5 Å². The fourth-order valence-corrected chi connectivity index (χ4v) is 2.39. The molecule has 1 N–H and O–H groups in total. The van der Waals surface area contributed by atoms with Crippen LogP contribution in [0.4, 0.5) is 0 Å². The number of aldehydes is 1. The number of piperidine rings is 1. The predicted molar refractivity (Wildman–Crippen MR) is 65.7 cm³/mol. The Morgan fingerprint density at radius 3 is 3.00 bits per heavy atom. The van der Waals surface area contributed by atoms with Gasteiger partial charge in [-0.25, -0.2) is 4.98 Å². The van der Waals surface area contributed by atoms with E-state index in [1.165, 1.54) is 0 Å². The molecule has 3 rings (SSSR count). The summed E-state index contributed by atoms with van der Waals surface area (Å²) in [6, 6.07) is 1.66. The van der Waals surface area contributed by atoms with Crippen LogP contribution in [0.25, 0.3) is 5.65 Å². The Bertz CT molecular complexity index is 689. The van der Waals surface area contributed by atoms with E-state index in [1.54, 1.807) is 29.1 Å². The van der Waals surface area contributed by atoms with Crippen LogP contribution in [0, 0.1) is 0 Å². The number of imidazole rings is 1. The van der Waals surface area contributed by atoms with E-state index in [0.717, 1.165) is 6.29 Å². The highest BCUT2D eigenvalue weighted by Crippen LogP contribution is 2.28. The minimum absolute atomic E-state index is 0.257. The van der Waals surface area contributed by atoms with Gasteiger partial charge in [0.2, 0.25) is 11.8 Å². The quantitative estimate of drug-likeness (QED) is 0.633. The van der Waals surface area contributed by atoms with Gasteiger partial charge in [-0.3, -0.25) is 19.7 Å². The largest absolute Gasteiger partial charge is 0.306 e. The summed E-state index contributed by atoms with van der Waals surface area (Å²) in [6.45, 7) is 0. The van der Waals surface area contributed by atoms with E-state index in [-0.39, 0.29) is 11.8 Å². The van der Waals surface area contributed by atoms with Gasteiger partial charge < -0.3 is 4.40 Å². The van der Waals surface area contributed by atoms with E-state index in [1.807, 2.05) is 0 Å². The molecular weight excluding hydrogens is 246 g/mol. The zero-order valence-corrected chi connectivity index (χ0v) is 10.00. The number of amides is 2. The van der Waals surface area contributed by atoms with Gasteiger partial charge in [-0.2, -0.15) is 0 Å². The topological polar surface area (TPSA) is 80.5 Å². The Hall–Kier alpha value is -2.50. The Morgan fingerprint density at radius 1 is 1.42 bits per heavy atom. The molecule has 0 bridgehead atoms. The van der Waals surface area contributed by atoms with Gasteiger partial charge >= 0.3 is 0 Å². The summed E-state index contributed by atoms with van der Waals surface area (Å²) in [6.07, 6.45) is 6.46. The lowest BCUT2D eigenvalue weighted by Gasteiger charge is -2.21. The fraction of sp³-hybridized carbons (Fsp3) is 0.231. The average molecular weight is 257 g/mol. The Morgan fingerprint density at radius 2 is 2.26 bits per heavy atom. The predicted octanol–water partition coefficient (Wildman–Crippen LogP) is 0.667. The van der Waals surface area contributed by atoms with Crippen molar-refractivity contribution in [3.05, 3.63) is 35.8 Å². The molecule has 6 nitrogen and oxygen atoms in total. The van der Waals surface area contributed by atoms with Gasteiger partial charge in [-0.1, -0.05) is 0 Å². The smallest absolute Gasteiger partial charge is 0.234 e. The zero-order chi connectivity index (χ0) is 13.4. The number of pyridine rings is 1. The monoisotopic (exact) mass is 257 g/mol. The number of rotatable bonds is 2. The SMILES string of the molecule is O=Cc1cc(C2CCC(=O)NC2=O)c2nccn2c1. The number of carbonyl (C=O) groups is 3. The maximum absolute atomic E-state index is 11.9. The first-order chi connectivity index (χ1) is 9.19. The minimum atomic E-state index is -0.442. The van der Waals surface area contributed by atoms with E-state index in [9.17, 15) is 14.4 Å². The van der Waals surface area contributed by atoms with Crippen molar-refractivity contribution in [2.45, 2.75) is 18.8 Å². The number of fused-ring (bicyclic) bond motifs is 1.